The number of benzene rings is 1. The molecule has 0 unspecified atom stereocenters. The summed E-state index contributed by atoms with van der Waals surface area (Å²) in [5, 5.41) is 17.1. The van der Waals surface area contributed by atoms with Gasteiger partial charge in [0.25, 0.3) is 0 Å². The molecule has 0 aromatic heterocycles. The molecular weight excluding hydrogens is 270 g/mol. The van der Waals surface area contributed by atoms with E-state index in [1.807, 2.05) is 0 Å². The van der Waals surface area contributed by atoms with Crippen LogP contribution in [0.25, 0.3) is 0 Å². The third-order valence-corrected chi connectivity index (χ3v) is 2.85. The third kappa shape index (κ3) is 9.49. The van der Waals surface area contributed by atoms with Gasteiger partial charge in [0.1, 0.15) is 0 Å². The lowest BCUT2D eigenvalue weighted by atomic mass is 10.2. The zero-order valence-electron chi connectivity index (χ0n) is 12.8. The molecule has 0 aliphatic rings. The van der Waals surface area contributed by atoms with Crippen molar-refractivity contribution in [1.29, 1.82) is 0 Å². The molecule has 1 aromatic rings. The van der Waals surface area contributed by atoms with E-state index in [4.69, 9.17) is 10.2 Å². The van der Waals surface area contributed by atoms with E-state index in [0.717, 1.165) is 25.7 Å². The molecule has 5 nitrogen and oxygen atoms in total. The highest BCUT2D eigenvalue weighted by atomic mass is 16.4. The number of unbranched alkanes of at least 4 members (excludes halogenated alkanes) is 2. The van der Waals surface area contributed by atoms with Crippen molar-refractivity contribution >= 4 is 12.1 Å². The van der Waals surface area contributed by atoms with Crippen LogP contribution < -0.4 is 0 Å². The summed E-state index contributed by atoms with van der Waals surface area (Å²) in [4.78, 5) is 22.3. The standard InChI is InChI=1S/C9H19NO2.C7H6O2/c1-3-5-7-10(9(11)12)8-6-4-2;8-7(9)6-4-2-1-3-5-6/h3-8H2,1-2H3,(H,11,12);1-5H,(H,8,9). The van der Waals surface area contributed by atoms with Crippen molar-refractivity contribution < 1.29 is 19.8 Å². The van der Waals surface area contributed by atoms with Crippen molar-refractivity contribution in [2.24, 2.45) is 0 Å². The Balaban J connectivity index is 0.000000394. The predicted octanol–water partition coefficient (Wildman–Crippen LogP) is 3.95. The van der Waals surface area contributed by atoms with E-state index in [0.29, 0.717) is 18.7 Å². The highest BCUT2D eigenvalue weighted by Gasteiger charge is 2.08. The molecule has 21 heavy (non-hydrogen) atoms. The van der Waals surface area contributed by atoms with Crippen LogP contribution in [0.3, 0.4) is 0 Å². The summed E-state index contributed by atoms with van der Waals surface area (Å²) in [6.45, 7) is 5.51. The zero-order valence-corrected chi connectivity index (χ0v) is 12.8. The van der Waals surface area contributed by atoms with Crippen LogP contribution in [0, 0.1) is 0 Å². The maximum Gasteiger partial charge on any atom is 0.407 e. The van der Waals surface area contributed by atoms with Gasteiger partial charge in [0, 0.05) is 13.1 Å². The van der Waals surface area contributed by atoms with Crippen LogP contribution in [0.4, 0.5) is 4.79 Å². The van der Waals surface area contributed by atoms with E-state index < -0.39 is 12.1 Å². The van der Waals surface area contributed by atoms with Crippen LogP contribution in [0.2, 0.25) is 0 Å². The number of amides is 1. The van der Waals surface area contributed by atoms with E-state index in [9.17, 15) is 9.59 Å². The Morgan fingerprint density at radius 3 is 1.71 bits per heavy atom. The smallest absolute Gasteiger partial charge is 0.407 e. The van der Waals surface area contributed by atoms with Crippen LogP contribution >= 0.6 is 0 Å². The fraction of sp³-hybridized carbons (Fsp3) is 0.500. The second-order valence-corrected chi connectivity index (χ2v) is 4.65. The first-order chi connectivity index (χ1) is 10.0. The van der Waals surface area contributed by atoms with Crippen molar-refractivity contribution in [3.8, 4) is 0 Å². The molecule has 1 amide bonds. The number of hydrogen-bond donors (Lipinski definition) is 2. The Kier molecular flexibility index (Phi) is 10.6. The minimum absolute atomic E-state index is 0.331. The highest BCUT2D eigenvalue weighted by Crippen LogP contribution is 1.99. The van der Waals surface area contributed by atoms with Gasteiger partial charge in [0.15, 0.2) is 0 Å². The summed E-state index contributed by atoms with van der Waals surface area (Å²) in [6.07, 6.45) is 3.26. The molecule has 1 aromatic carbocycles. The second-order valence-electron chi connectivity index (χ2n) is 4.65. The van der Waals surface area contributed by atoms with Gasteiger partial charge in [-0.1, -0.05) is 44.9 Å². The molecule has 0 atom stereocenters. The summed E-state index contributed by atoms with van der Waals surface area (Å²) >= 11 is 0. The van der Waals surface area contributed by atoms with E-state index in [1.54, 1.807) is 30.3 Å². The average molecular weight is 295 g/mol. The first kappa shape index (κ1) is 19.0. The van der Waals surface area contributed by atoms with Crippen LogP contribution in [0.5, 0.6) is 0 Å². The van der Waals surface area contributed by atoms with Gasteiger partial charge in [-0.3, -0.25) is 0 Å². The molecule has 5 heteroatoms. The minimum Gasteiger partial charge on any atom is -0.478 e. The highest BCUT2D eigenvalue weighted by molar-refractivity contribution is 5.87. The molecule has 0 aliphatic heterocycles. The Labute approximate surface area is 126 Å². The molecule has 0 saturated heterocycles. The number of nitrogens with zero attached hydrogens (tertiary/aromatic N) is 1. The van der Waals surface area contributed by atoms with E-state index in [-0.39, 0.29) is 0 Å². The molecule has 1 rings (SSSR count). The van der Waals surface area contributed by atoms with Gasteiger partial charge < -0.3 is 15.1 Å². The summed E-state index contributed by atoms with van der Waals surface area (Å²) in [5.41, 5.74) is 0.331. The number of carboxylic acid groups (broad SMARTS) is 2. The van der Waals surface area contributed by atoms with Gasteiger partial charge in [0.2, 0.25) is 0 Å². The van der Waals surface area contributed by atoms with Crippen LogP contribution in [0.15, 0.2) is 30.3 Å². The van der Waals surface area contributed by atoms with E-state index in [2.05, 4.69) is 13.8 Å². The number of carboxylic acids is 1. The minimum atomic E-state index is -0.879. The first-order valence-electron chi connectivity index (χ1n) is 7.29. The van der Waals surface area contributed by atoms with Gasteiger partial charge >= 0.3 is 12.1 Å². The number of carbonyl (C=O) groups is 2. The molecule has 0 heterocycles. The summed E-state index contributed by atoms with van der Waals surface area (Å²) in [7, 11) is 0. The van der Waals surface area contributed by atoms with E-state index >= 15 is 0 Å². The van der Waals surface area contributed by atoms with Crippen molar-refractivity contribution in [1.82, 2.24) is 4.90 Å². The molecule has 0 radical (unpaired) electrons. The molecule has 118 valence electrons. The third-order valence-electron chi connectivity index (χ3n) is 2.85. The first-order valence-corrected chi connectivity index (χ1v) is 7.29. The van der Waals surface area contributed by atoms with Gasteiger partial charge in [-0.05, 0) is 25.0 Å². The van der Waals surface area contributed by atoms with Crippen LogP contribution in [0.1, 0.15) is 49.9 Å². The van der Waals surface area contributed by atoms with Gasteiger partial charge in [-0.2, -0.15) is 0 Å². The van der Waals surface area contributed by atoms with Crippen molar-refractivity contribution in [3.05, 3.63) is 35.9 Å². The summed E-state index contributed by atoms with van der Waals surface area (Å²) < 4.78 is 0. The number of hydrogen-bond acceptors (Lipinski definition) is 2. The molecule has 0 bridgehead atoms. The second kappa shape index (κ2) is 11.8. The lowest BCUT2D eigenvalue weighted by molar-refractivity contribution is 0.0696. The molecule has 0 fully saturated rings. The Morgan fingerprint density at radius 2 is 1.43 bits per heavy atom. The molecule has 0 spiro atoms. The maximum absolute atomic E-state index is 10.6. The maximum atomic E-state index is 10.6. The lowest BCUT2D eigenvalue weighted by Gasteiger charge is -2.17. The quantitative estimate of drug-likeness (QED) is 0.798. The van der Waals surface area contributed by atoms with Crippen LogP contribution in [-0.2, 0) is 0 Å². The number of rotatable bonds is 7. The lowest BCUT2D eigenvalue weighted by Crippen LogP contribution is -2.31. The van der Waals surface area contributed by atoms with Crippen molar-refractivity contribution in [2.45, 2.75) is 39.5 Å². The van der Waals surface area contributed by atoms with Crippen LogP contribution in [-0.4, -0.2) is 40.3 Å². The van der Waals surface area contributed by atoms with Gasteiger partial charge in [-0.25, -0.2) is 9.59 Å². The fourth-order valence-electron chi connectivity index (χ4n) is 1.58. The molecular formula is C16H25NO4. The molecule has 0 saturated carbocycles. The van der Waals surface area contributed by atoms with Gasteiger partial charge in [0.05, 0.1) is 5.56 Å². The Morgan fingerprint density at radius 1 is 0.952 bits per heavy atom. The number of aromatic carboxylic acids is 1. The SMILES string of the molecule is CCCCN(CCCC)C(=O)O.O=C(O)c1ccccc1. The summed E-state index contributed by atoms with van der Waals surface area (Å²) in [5.74, 6) is -0.879. The van der Waals surface area contributed by atoms with Gasteiger partial charge in [-0.15, -0.1) is 0 Å². The molecule has 2 N–H and O–H groups in total. The fourth-order valence-corrected chi connectivity index (χ4v) is 1.58. The monoisotopic (exact) mass is 295 g/mol. The average Bonchev–Trinajstić information content (AvgIpc) is 2.48. The van der Waals surface area contributed by atoms with Crippen molar-refractivity contribution in [3.63, 3.8) is 0 Å². The topological polar surface area (TPSA) is 77.8 Å². The normalized spacial score (nSPS) is 9.43. The zero-order chi connectivity index (χ0) is 16.1. The predicted molar refractivity (Wildman–Crippen MR) is 82.8 cm³/mol. The Bertz CT molecular complexity index is 398. The Hall–Kier alpha value is -2.04. The van der Waals surface area contributed by atoms with Crippen molar-refractivity contribution in [2.75, 3.05) is 13.1 Å². The molecule has 0 aliphatic carbocycles. The van der Waals surface area contributed by atoms with E-state index in [1.165, 1.54) is 4.90 Å². The largest absolute Gasteiger partial charge is 0.478 e. The summed E-state index contributed by atoms with van der Waals surface area (Å²) in [6, 6.07) is 8.30.